The lowest BCUT2D eigenvalue weighted by atomic mass is 10.3. The van der Waals surface area contributed by atoms with Gasteiger partial charge in [-0.2, -0.15) is 0 Å². The molecule has 90 valence electrons. The van der Waals surface area contributed by atoms with Crippen LogP contribution in [0.4, 0.5) is 0 Å². The van der Waals surface area contributed by atoms with Gasteiger partial charge in [-0.3, -0.25) is 0 Å². The Morgan fingerprint density at radius 2 is 2.00 bits per heavy atom. The second kappa shape index (κ2) is 5.82. The van der Waals surface area contributed by atoms with Gasteiger partial charge in [0.1, 0.15) is 0 Å². The normalized spacial score (nSPS) is 25.5. The molecule has 0 saturated heterocycles. The van der Waals surface area contributed by atoms with Gasteiger partial charge in [0.25, 0.3) is 0 Å². The van der Waals surface area contributed by atoms with Crippen molar-refractivity contribution >= 4 is 10.0 Å². The first-order chi connectivity index (χ1) is 7.05. The van der Waals surface area contributed by atoms with Crippen molar-refractivity contribution in [2.24, 2.45) is 11.8 Å². The highest BCUT2D eigenvalue weighted by molar-refractivity contribution is 7.89. The van der Waals surface area contributed by atoms with Crippen LogP contribution in [0.1, 0.15) is 26.2 Å². The SMILES string of the molecule is CNCCCCS(=O)(=O)NCC1CC1C. The highest BCUT2D eigenvalue weighted by Crippen LogP contribution is 2.36. The molecule has 0 spiro atoms. The van der Waals surface area contributed by atoms with Gasteiger partial charge in [0.15, 0.2) is 0 Å². The van der Waals surface area contributed by atoms with Crippen LogP contribution in [0.25, 0.3) is 0 Å². The van der Waals surface area contributed by atoms with E-state index in [0.29, 0.717) is 18.4 Å². The molecular formula is C10H22N2O2S. The zero-order chi connectivity index (χ0) is 11.3. The molecule has 0 bridgehead atoms. The summed E-state index contributed by atoms with van der Waals surface area (Å²) >= 11 is 0. The molecule has 15 heavy (non-hydrogen) atoms. The van der Waals surface area contributed by atoms with Crippen LogP contribution in [0.5, 0.6) is 0 Å². The molecule has 1 aliphatic rings. The molecule has 0 aromatic rings. The summed E-state index contributed by atoms with van der Waals surface area (Å²) in [4.78, 5) is 0. The summed E-state index contributed by atoms with van der Waals surface area (Å²) in [5, 5.41) is 3.00. The van der Waals surface area contributed by atoms with E-state index in [-0.39, 0.29) is 5.75 Å². The molecule has 2 atom stereocenters. The minimum atomic E-state index is -3.02. The van der Waals surface area contributed by atoms with Gasteiger partial charge in [-0.1, -0.05) is 6.92 Å². The summed E-state index contributed by atoms with van der Waals surface area (Å²) in [5.41, 5.74) is 0. The number of unbranched alkanes of at least 4 members (excludes halogenated alkanes) is 1. The maximum Gasteiger partial charge on any atom is 0.211 e. The number of rotatable bonds is 8. The second-order valence-electron chi connectivity index (χ2n) is 4.45. The predicted molar refractivity (Wildman–Crippen MR) is 62.2 cm³/mol. The summed E-state index contributed by atoms with van der Waals surface area (Å²) < 4.78 is 25.7. The maximum atomic E-state index is 11.5. The van der Waals surface area contributed by atoms with Crippen LogP contribution in [0.15, 0.2) is 0 Å². The monoisotopic (exact) mass is 234 g/mol. The largest absolute Gasteiger partial charge is 0.320 e. The lowest BCUT2D eigenvalue weighted by molar-refractivity contribution is 0.569. The number of hydrogen-bond acceptors (Lipinski definition) is 3. The van der Waals surface area contributed by atoms with Gasteiger partial charge in [-0.25, -0.2) is 13.1 Å². The van der Waals surface area contributed by atoms with Crippen molar-refractivity contribution in [1.82, 2.24) is 10.0 Å². The van der Waals surface area contributed by atoms with E-state index in [2.05, 4.69) is 17.0 Å². The topological polar surface area (TPSA) is 58.2 Å². The van der Waals surface area contributed by atoms with Crippen molar-refractivity contribution < 1.29 is 8.42 Å². The minimum Gasteiger partial charge on any atom is -0.320 e. The molecule has 1 fully saturated rings. The molecule has 0 aliphatic heterocycles. The quantitative estimate of drug-likeness (QED) is 0.603. The van der Waals surface area contributed by atoms with Gasteiger partial charge in [-0.15, -0.1) is 0 Å². The molecule has 0 heterocycles. The van der Waals surface area contributed by atoms with Crippen molar-refractivity contribution in [1.29, 1.82) is 0 Å². The Hall–Kier alpha value is -0.130. The molecular weight excluding hydrogens is 212 g/mol. The van der Waals surface area contributed by atoms with E-state index in [0.717, 1.165) is 19.4 Å². The Bertz CT molecular complexity index is 277. The van der Waals surface area contributed by atoms with Crippen molar-refractivity contribution in [2.45, 2.75) is 26.2 Å². The van der Waals surface area contributed by atoms with Crippen molar-refractivity contribution in [3.05, 3.63) is 0 Å². The number of sulfonamides is 1. The Morgan fingerprint density at radius 3 is 2.53 bits per heavy atom. The standard InChI is InChI=1S/C10H22N2O2S/c1-9-7-10(9)8-12-15(13,14)6-4-3-5-11-2/h9-12H,3-8H2,1-2H3. The fraction of sp³-hybridized carbons (Fsp3) is 1.00. The van der Waals surface area contributed by atoms with Crippen molar-refractivity contribution in [3.8, 4) is 0 Å². The first kappa shape index (κ1) is 12.9. The minimum absolute atomic E-state index is 0.260. The van der Waals surface area contributed by atoms with E-state index in [1.807, 2.05) is 7.05 Å². The van der Waals surface area contributed by atoms with Crippen molar-refractivity contribution in [3.63, 3.8) is 0 Å². The van der Waals surface area contributed by atoms with E-state index < -0.39 is 10.0 Å². The summed E-state index contributed by atoms with van der Waals surface area (Å²) in [5.74, 6) is 1.55. The molecule has 0 aromatic carbocycles. The third-order valence-electron chi connectivity index (χ3n) is 2.93. The number of nitrogens with one attached hydrogen (secondary N) is 2. The molecule has 2 unspecified atom stereocenters. The fourth-order valence-electron chi connectivity index (χ4n) is 1.58. The highest BCUT2D eigenvalue weighted by atomic mass is 32.2. The van der Waals surface area contributed by atoms with Gasteiger partial charge in [0.05, 0.1) is 5.75 Å². The first-order valence-electron chi connectivity index (χ1n) is 5.67. The average molecular weight is 234 g/mol. The highest BCUT2D eigenvalue weighted by Gasteiger charge is 2.32. The van der Waals surface area contributed by atoms with Gasteiger partial charge in [-0.05, 0) is 44.7 Å². The smallest absolute Gasteiger partial charge is 0.211 e. The molecule has 0 amide bonds. The number of hydrogen-bond donors (Lipinski definition) is 2. The summed E-state index contributed by atoms with van der Waals surface area (Å²) in [6.07, 6.45) is 2.82. The molecule has 1 saturated carbocycles. The van der Waals surface area contributed by atoms with E-state index in [4.69, 9.17) is 0 Å². The molecule has 0 radical (unpaired) electrons. The molecule has 2 N–H and O–H groups in total. The third-order valence-corrected chi connectivity index (χ3v) is 4.36. The van der Waals surface area contributed by atoms with Crippen LogP contribution in [-0.2, 0) is 10.0 Å². The fourth-order valence-corrected chi connectivity index (χ4v) is 2.78. The lowest BCUT2D eigenvalue weighted by Gasteiger charge is -2.05. The Kier molecular flexibility index (Phi) is 5.02. The first-order valence-corrected chi connectivity index (χ1v) is 7.32. The van der Waals surface area contributed by atoms with E-state index in [1.54, 1.807) is 0 Å². The van der Waals surface area contributed by atoms with Gasteiger partial charge in [0, 0.05) is 6.54 Å². The Balaban J connectivity index is 2.09. The van der Waals surface area contributed by atoms with Gasteiger partial charge < -0.3 is 5.32 Å². The van der Waals surface area contributed by atoms with Crippen molar-refractivity contribution in [2.75, 3.05) is 25.9 Å². The van der Waals surface area contributed by atoms with Crippen LogP contribution >= 0.6 is 0 Å². The second-order valence-corrected chi connectivity index (χ2v) is 6.38. The predicted octanol–water partition coefficient (Wildman–Crippen LogP) is 0.561. The molecule has 0 aromatic heterocycles. The zero-order valence-corrected chi connectivity index (χ0v) is 10.4. The van der Waals surface area contributed by atoms with Crippen LogP contribution in [0, 0.1) is 11.8 Å². The summed E-state index contributed by atoms with van der Waals surface area (Å²) in [6, 6.07) is 0. The maximum absolute atomic E-state index is 11.5. The third kappa shape index (κ3) is 5.49. The summed E-state index contributed by atoms with van der Waals surface area (Å²) in [7, 11) is -1.14. The molecule has 1 aliphatic carbocycles. The van der Waals surface area contributed by atoms with Crippen LogP contribution in [0.2, 0.25) is 0 Å². The van der Waals surface area contributed by atoms with E-state index >= 15 is 0 Å². The van der Waals surface area contributed by atoms with Gasteiger partial charge in [0.2, 0.25) is 10.0 Å². The molecule has 1 rings (SSSR count). The lowest BCUT2D eigenvalue weighted by Crippen LogP contribution is -2.28. The molecule has 5 heteroatoms. The zero-order valence-electron chi connectivity index (χ0n) is 9.62. The van der Waals surface area contributed by atoms with E-state index in [9.17, 15) is 8.42 Å². The Labute approximate surface area is 92.9 Å². The average Bonchev–Trinajstić information content (AvgIpc) is 2.87. The van der Waals surface area contributed by atoms with Crippen LogP contribution in [-0.4, -0.2) is 34.3 Å². The Morgan fingerprint density at radius 1 is 1.33 bits per heavy atom. The summed E-state index contributed by atoms with van der Waals surface area (Å²) in [6.45, 7) is 3.68. The van der Waals surface area contributed by atoms with Crippen LogP contribution in [0.3, 0.4) is 0 Å². The molecule has 4 nitrogen and oxygen atoms in total. The van der Waals surface area contributed by atoms with Gasteiger partial charge >= 0.3 is 0 Å². The van der Waals surface area contributed by atoms with Crippen LogP contribution < -0.4 is 10.0 Å². The van der Waals surface area contributed by atoms with E-state index in [1.165, 1.54) is 6.42 Å².